The average molecular weight is 237 g/mol. The Labute approximate surface area is 98.5 Å². The number of furan rings is 1. The molecule has 2 aromatic rings. The second kappa shape index (κ2) is 5.14. The van der Waals surface area contributed by atoms with Gasteiger partial charge in [0.1, 0.15) is 5.76 Å². The van der Waals surface area contributed by atoms with E-state index in [0.717, 1.165) is 23.0 Å². The van der Waals surface area contributed by atoms with E-state index in [1.54, 1.807) is 17.6 Å². The van der Waals surface area contributed by atoms with Crippen LogP contribution < -0.4 is 11.1 Å². The summed E-state index contributed by atoms with van der Waals surface area (Å²) in [6.45, 7) is 3.35. The minimum atomic E-state index is 0.667. The highest BCUT2D eigenvalue weighted by molar-refractivity contribution is 7.15. The Balaban J connectivity index is 1.97. The van der Waals surface area contributed by atoms with E-state index >= 15 is 0 Å². The second-order valence-corrected chi connectivity index (χ2v) is 4.58. The van der Waals surface area contributed by atoms with Crippen LogP contribution in [-0.4, -0.2) is 11.5 Å². The van der Waals surface area contributed by atoms with Crippen LogP contribution in [-0.2, 0) is 13.0 Å². The fourth-order valence-electron chi connectivity index (χ4n) is 1.44. The SMILES string of the molecule is Cc1nc(NCc2ccco2)sc1CCN. The first kappa shape index (κ1) is 11.2. The van der Waals surface area contributed by atoms with Gasteiger partial charge in [-0.05, 0) is 32.0 Å². The molecular weight excluding hydrogens is 222 g/mol. The lowest BCUT2D eigenvalue weighted by Gasteiger charge is -1.97. The number of rotatable bonds is 5. The first-order valence-electron chi connectivity index (χ1n) is 5.22. The molecule has 0 amide bonds. The van der Waals surface area contributed by atoms with Crippen molar-refractivity contribution in [3.63, 3.8) is 0 Å². The lowest BCUT2D eigenvalue weighted by Crippen LogP contribution is -2.01. The van der Waals surface area contributed by atoms with Crippen molar-refractivity contribution in [2.45, 2.75) is 19.9 Å². The molecule has 2 heterocycles. The van der Waals surface area contributed by atoms with Crippen molar-refractivity contribution in [3.05, 3.63) is 34.7 Å². The standard InChI is InChI=1S/C11H15N3OS/c1-8-10(4-5-12)16-11(14-8)13-7-9-3-2-6-15-9/h2-3,6H,4-5,7,12H2,1H3,(H,13,14). The van der Waals surface area contributed by atoms with Crippen molar-refractivity contribution in [2.75, 3.05) is 11.9 Å². The Morgan fingerprint density at radius 2 is 2.44 bits per heavy atom. The Morgan fingerprint density at radius 3 is 3.12 bits per heavy atom. The maximum absolute atomic E-state index is 5.53. The molecule has 0 bridgehead atoms. The van der Waals surface area contributed by atoms with Gasteiger partial charge in [0.05, 0.1) is 18.5 Å². The van der Waals surface area contributed by atoms with E-state index in [0.29, 0.717) is 13.1 Å². The summed E-state index contributed by atoms with van der Waals surface area (Å²) in [4.78, 5) is 5.69. The molecule has 86 valence electrons. The summed E-state index contributed by atoms with van der Waals surface area (Å²) >= 11 is 1.66. The molecule has 3 N–H and O–H groups in total. The van der Waals surface area contributed by atoms with Gasteiger partial charge in [-0.1, -0.05) is 0 Å². The van der Waals surface area contributed by atoms with Gasteiger partial charge in [0.15, 0.2) is 5.13 Å². The van der Waals surface area contributed by atoms with Crippen LogP contribution in [0.1, 0.15) is 16.3 Å². The highest BCUT2D eigenvalue weighted by atomic mass is 32.1. The summed E-state index contributed by atoms with van der Waals surface area (Å²) in [7, 11) is 0. The van der Waals surface area contributed by atoms with Crippen molar-refractivity contribution >= 4 is 16.5 Å². The molecular formula is C11H15N3OS. The van der Waals surface area contributed by atoms with E-state index in [-0.39, 0.29) is 0 Å². The topological polar surface area (TPSA) is 64.1 Å². The van der Waals surface area contributed by atoms with Crippen molar-refractivity contribution in [1.82, 2.24) is 4.98 Å². The Morgan fingerprint density at radius 1 is 1.56 bits per heavy atom. The number of nitrogens with one attached hydrogen (secondary N) is 1. The molecule has 5 heteroatoms. The number of hydrogen-bond acceptors (Lipinski definition) is 5. The molecule has 0 aliphatic heterocycles. The zero-order valence-corrected chi connectivity index (χ0v) is 10.0. The molecule has 0 aliphatic rings. The van der Waals surface area contributed by atoms with Gasteiger partial charge in [0.2, 0.25) is 0 Å². The second-order valence-electron chi connectivity index (χ2n) is 3.50. The molecule has 0 saturated carbocycles. The molecule has 0 atom stereocenters. The van der Waals surface area contributed by atoms with Gasteiger partial charge < -0.3 is 15.5 Å². The summed E-state index contributed by atoms with van der Waals surface area (Å²) in [5.41, 5.74) is 6.60. The van der Waals surface area contributed by atoms with Gasteiger partial charge in [-0.3, -0.25) is 0 Å². The molecule has 0 fully saturated rings. The van der Waals surface area contributed by atoms with Crippen molar-refractivity contribution in [1.29, 1.82) is 0 Å². The maximum atomic E-state index is 5.53. The largest absolute Gasteiger partial charge is 0.467 e. The van der Waals surface area contributed by atoms with Crippen LogP contribution in [0.2, 0.25) is 0 Å². The van der Waals surface area contributed by atoms with Crippen LogP contribution in [0.25, 0.3) is 0 Å². The first-order valence-corrected chi connectivity index (χ1v) is 6.04. The normalized spacial score (nSPS) is 10.6. The summed E-state index contributed by atoms with van der Waals surface area (Å²) in [5.74, 6) is 0.910. The van der Waals surface area contributed by atoms with Gasteiger partial charge in [0.25, 0.3) is 0 Å². The van der Waals surface area contributed by atoms with Gasteiger partial charge >= 0.3 is 0 Å². The van der Waals surface area contributed by atoms with Gasteiger partial charge in [-0.2, -0.15) is 0 Å². The third-order valence-electron chi connectivity index (χ3n) is 2.26. The molecule has 0 spiro atoms. The zero-order chi connectivity index (χ0) is 11.4. The molecule has 0 aromatic carbocycles. The summed E-state index contributed by atoms with van der Waals surface area (Å²) < 4.78 is 5.23. The predicted molar refractivity (Wildman–Crippen MR) is 65.6 cm³/mol. The lowest BCUT2D eigenvalue weighted by molar-refractivity contribution is 0.518. The number of aryl methyl sites for hydroxylation is 1. The molecule has 0 unspecified atom stereocenters. The molecule has 16 heavy (non-hydrogen) atoms. The molecule has 0 aliphatic carbocycles. The van der Waals surface area contributed by atoms with Crippen LogP contribution >= 0.6 is 11.3 Å². The highest BCUT2D eigenvalue weighted by Crippen LogP contribution is 2.23. The number of anilines is 1. The summed E-state index contributed by atoms with van der Waals surface area (Å²) in [6.07, 6.45) is 2.57. The molecule has 4 nitrogen and oxygen atoms in total. The molecule has 0 radical (unpaired) electrons. The fraction of sp³-hybridized carbons (Fsp3) is 0.364. The third-order valence-corrected chi connectivity index (χ3v) is 3.43. The fourth-order valence-corrected chi connectivity index (χ4v) is 2.42. The quantitative estimate of drug-likeness (QED) is 0.836. The van der Waals surface area contributed by atoms with Crippen LogP contribution in [0.5, 0.6) is 0 Å². The Hall–Kier alpha value is -1.33. The smallest absolute Gasteiger partial charge is 0.183 e. The first-order chi connectivity index (χ1) is 7.79. The Bertz CT molecular complexity index is 436. The number of nitrogens with zero attached hydrogens (tertiary/aromatic N) is 1. The van der Waals surface area contributed by atoms with E-state index in [9.17, 15) is 0 Å². The van der Waals surface area contributed by atoms with E-state index in [1.165, 1.54) is 4.88 Å². The van der Waals surface area contributed by atoms with Crippen molar-refractivity contribution < 1.29 is 4.42 Å². The number of aromatic nitrogens is 1. The number of thiazole rings is 1. The number of hydrogen-bond donors (Lipinski definition) is 2. The minimum Gasteiger partial charge on any atom is -0.467 e. The Kier molecular flexibility index (Phi) is 3.58. The maximum Gasteiger partial charge on any atom is 0.183 e. The summed E-state index contributed by atoms with van der Waals surface area (Å²) in [6, 6.07) is 3.82. The van der Waals surface area contributed by atoms with Gasteiger partial charge in [-0.25, -0.2) is 4.98 Å². The summed E-state index contributed by atoms with van der Waals surface area (Å²) in [5, 5.41) is 4.17. The number of nitrogens with two attached hydrogens (primary N) is 1. The minimum absolute atomic E-state index is 0.667. The van der Waals surface area contributed by atoms with E-state index in [2.05, 4.69) is 10.3 Å². The van der Waals surface area contributed by atoms with Crippen LogP contribution in [0.4, 0.5) is 5.13 Å². The van der Waals surface area contributed by atoms with E-state index in [4.69, 9.17) is 10.2 Å². The van der Waals surface area contributed by atoms with Crippen LogP contribution in [0.3, 0.4) is 0 Å². The van der Waals surface area contributed by atoms with Crippen molar-refractivity contribution in [3.8, 4) is 0 Å². The lowest BCUT2D eigenvalue weighted by atomic mass is 10.3. The monoisotopic (exact) mass is 237 g/mol. The zero-order valence-electron chi connectivity index (χ0n) is 9.19. The molecule has 0 saturated heterocycles. The van der Waals surface area contributed by atoms with E-state index < -0.39 is 0 Å². The average Bonchev–Trinajstić information content (AvgIpc) is 2.87. The van der Waals surface area contributed by atoms with Crippen LogP contribution in [0, 0.1) is 6.92 Å². The van der Waals surface area contributed by atoms with Crippen molar-refractivity contribution in [2.24, 2.45) is 5.73 Å². The van der Waals surface area contributed by atoms with Gasteiger partial charge in [-0.15, -0.1) is 11.3 Å². The highest BCUT2D eigenvalue weighted by Gasteiger charge is 2.06. The van der Waals surface area contributed by atoms with Crippen LogP contribution in [0.15, 0.2) is 22.8 Å². The van der Waals surface area contributed by atoms with Gasteiger partial charge in [0, 0.05) is 4.88 Å². The third kappa shape index (κ3) is 2.62. The van der Waals surface area contributed by atoms with E-state index in [1.807, 2.05) is 19.1 Å². The molecule has 2 rings (SSSR count). The molecule has 2 aromatic heterocycles. The predicted octanol–water partition coefficient (Wildman–Crippen LogP) is 2.16.